The molecule has 1 aromatic heterocycles. The normalized spacial score (nSPS) is 17.7. The Morgan fingerprint density at radius 1 is 1.03 bits per heavy atom. The van der Waals surface area contributed by atoms with Crippen molar-refractivity contribution in [3.05, 3.63) is 40.4 Å². The largest absolute Gasteiger partial charge is 0.416 e. The molecule has 4 rings (SSSR count). The standard InChI is InChI=1S/C21H22F3N3O2S/c1-13-17(30-18(25-13)14-5-7-16(8-6-14)21(22,23)24)20(29)27-11-9-26(10-12-27)19(28)15-3-2-4-15/h5-8,15H,2-4,9-12H2,1H3. The van der Waals surface area contributed by atoms with Crippen LogP contribution in [0.4, 0.5) is 13.2 Å². The van der Waals surface area contributed by atoms with Crippen molar-refractivity contribution in [1.29, 1.82) is 0 Å². The van der Waals surface area contributed by atoms with Gasteiger partial charge in [-0.25, -0.2) is 4.98 Å². The highest BCUT2D eigenvalue weighted by atomic mass is 32.1. The van der Waals surface area contributed by atoms with E-state index >= 15 is 0 Å². The van der Waals surface area contributed by atoms with E-state index in [1.807, 2.05) is 4.90 Å². The Kier molecular flexibility index (Phi) is 5.57. The average molecular weight is 437 g/mol. The lowest BCUT2D eigenvalue weighted by atomic mass is 9.84. The van der Waals surface area contributed by atoms with E-state index in [0.717, 1.165) is 31.4 Å². The zero-order chi connectivity index (χ0) is 21.5. The van der Waals surface area contributed by atoms with Gasteiger partial charge >= 0.3 is 6.18 Å². The minimum Gasteiger partial charge on any atom is -0.339 e. The fourth-order valence-corrected chi connectivity index (χ4v) is 4.75. The molecule has 0 atom stereocenters. The predicted molar refractivity (Wildman–Crippen MR) is 107 cm³/mol. The highest BCUT2D eigenvalue weighted by Gasteiger charge is 2.33. The molecule has 0 radical (unpaired) electrons. The van der Waals surface area contributed by atoms with Gasteiger partial charge in [0, 0.05) is 37.7 Å². The van der Waals surface area contributed by atoms with Gasteiger partial charge in [0.05, 0.1) is 11.3 Å². The summed E-state index contributed by atoms with van der Waals surface area (Å²) >= 11 is 1.19. The summed E-state index contributed by atoms with van der Waals surface area (Å²) in [6, 6.07) is 4.79. The maximum absolute atomic E-state index is 13.0. The van der Waals surface area contributed by atoms with Crippen molar-refractivity contribution in [1.82, 2.24) is 14.8 Å². The van der Waals surface area contributed by atoms with E-state index in [1.54, 1.807) is 11.8 Å². The number of piperazine rings is 1. The fraction of sp³-hybridized carbons (Fsp3) is 0.476. The summed E-state index contributed by atoms with van der Waals surface area (Å²) in [5.41, 5.74) is 0.393. The third-order valence-corrected chi connectivity index (χ3v) is 6.98. The number of thiazole rings is 1. The van der Waals surface area contributed by atoms with Gasteiger partial charge in [-0.15, -0.1) is 11.3 Å². The van der Waals surface area contributed by atoms with Gasteiger partial charge in [0.15, 0.2) is 0 Å². The SMILES string of the molecule is Cc1nc(-c2ccc(C(F)(F)F)cc2)sc1C(=O)N1CCN(C(=O)C2CCC2)CC1. The minimum atomic E-state index is -4.39. The zero-order valence-corrected chi connectivity index (χ0v) is 17.4. The number of amides is 2. The molecular formula is C21H22F3N3O2S. The molecule has 2 aromatic rings. The first-order valence-electron chi connectivity index (χ1n) is 9.97. The van der Waals surface area contributed by atoms with Gasteiger partial charge in [-0.3, -0.25) is 9.59 Å². The summed E-state index contributed by atoms with van der Waals surface area (Å²) in [7, 11) is 0. The summed E-state index contributed by atoms with van der Waals surface area (Å²) in [6.45, 7) is 3.75. The van der Waals surface area contributed by atoms with E-state index < -0.39 is 11.7 Å². The molecule has 160 valence electrons. The molecule has 1 saturated carbocycles. The van der Waals surface area contributed by atoms with Gasteiger partial charge in [-0.05, 0) is 31.9 Å². The van der Waals surface area contributed by atoms with E-state index in [0.29, 0.717) is 47.3 Å². The predicted octanol–water partition coefficient (Wildman–Crippen LogP) is 4.22. The minimum absolute atomic E-state index is 0.140. The molecule has 2 heterocycles. The fourth-order valence-electron chi connectivity index (χ4n) is 3.71. The van der Waals surface area contributed by atoms with Crippen LogP contribution in [0.3, 0.4) is 0 Å². The molecule has 0 bridgehead atoms. The number of rotatable bonds is 3. The Hall–Kier alpha value is -2.42. The van der Waals surface area contributed by atoms with Crippen LogP contribution < -0.4 is 0 Å². The molecule has 1 aliphatic heterocycles. The first-order valence-corrected chi connectivity index (χ1v) is 10.8. The van der Waals surface area contributed by atoms with Crippen LogP contribution in [0.2, 0.25) is 0 Å². The molecule has 0 spiro atoms. The maximum Gasteiger partial charge on any atom is 0.416 e. The van der Waals surface area contributed by atoms with Crippen LogP contribution in [-0.4, -0.2) is 52.8 Å². The van der Waals surface area contributed by atoms with Crippen molar-refractivity contribution in [2.75, 3.05) is 26.2 Å². The van der Waals surface area contributed by atoms with Gasteiger partial charge < -0.3 is 9.80 Å². The molecule has 0 unspecified atom stereocenters. The highest BCUT2D eigenvalue weighted by Crippen LogP contribution is 2.33. The molecule has 1 aromatic carbocycles. The van der Waals surface area contributed by atoms with E-state index in [-0.39, 0.29) is 17.7 Å². The molecular weight excluding hydrogens is 415 g/mol. The van der Waals surface area contributed by atoms with Crippen LogP contribution in [0.5, 0.6) is 0 Å². The van der Waals surface area contributed by atoms with Crippen molar-refractivity contribution in [2.24, 2.45) is 5.92 Å². The Bertz CT molecular complexity index is 943. The average Bonchev–Trinajstić information content (AvgIpc) is 3.07. The Morgan fingerprint density at radius 3 is 2.17 bits per heavy atom. The van der Waals surface area contributed by atoms with E-state index in [9.17, 15) is 22.8 Å². The van der Waals surface area contributed by atoms with Gasteiger partial charge in [0.25, 0.3) is 5.91 Å². The summed E-state index contributed by atoms with van der Waals surface area (Å²) < 4.78 is 38.3. The Labute approximate surface area is 176 Å². The monoisotopic (exact) mass is 437 g/mol. The van der Waals surface area contributed by atoms with Crippen molar-refractivity contribution >= 4 is 23.2 Å². The second-order valence-electron chi connectivity index (χ2n) is 7.75. The lowest BCUT2D eigenvalue weighted by Gasteiger charge is -2.38. The molecule has 0 N–H and O–H groups in total. The number of aryl methyl sites for hydroxylation is 1. The van der Waals surface area contributed by atoms with Crippen molar-refractivity contribution < 1.29 is 22.8 Å². The number of hydrogen-bond acceptors (Lipinski definition) is 4. The number of alkyl halides is 3. The lowest BCUT2D eigenvalue weighted by molar-refractivity contribution is -0.139. The van der Waals surface area contributed by atoms with Crippen LogP contribution in [0.15, 0.2) is 24.3 Å². The number of carbonyl (C=O) groups is 2. The first kappa shape index (κ1) is 20.8. The van der Waals surface area contributed by atoms with Gasteiger partial charge in [0.1, 0.15) is 9.88 Å². The Morgan fingerprint density at radius 2 is 1.63 bits per heavy atom. The summed E-state index contributed by atoms with van der Waals surface area (Å²) in [6.07, 6.45) is -1.35. The third-order valence-electron chi connectivity index (χ3n) is 5.78. The van der Waals surface area contributed by atoms with Crippen LogP contribution in [0.1, 0.15) is 40.2 Å². The number of nitrogens with zero attached hydrogens (tertiary/aromatic N) is 3. The zero-order valence-electron chi connectivity index (χ0n) is 16.5. The smallest absolute Gasteiger partial charge is 0.339 e. The first-order chi connectivity index (χ1) is 14.2. The van der Waals surface area contributed by atoms with Crippen LogP contribution in [0, 0.1) is 12.8 Å². The molecule has 5 nitrogen and oxygen atoms in total. The van der Waals surface area contributed by atoms with Crippen molar-refractivity contribution in [2.45, 2.75) is 32.4 Å². The second kappa shape index (κ2) is 8.02. The maximum atomic E-state index is 13.0. The number of benzene rings is 1. The number of aromatic nitrogens is 1. The molecule has 9 heteroatoms. The van der Waals surface area contributed by atoms with E-state index in [4.69, 9.17) is 0 Å². The molecule has 1 aliphatic carbocycles. The van der Waals surface area contributed by atoms with Crippen LogP contribution in [-0.2, 0) is 11.0 Å². The lowest BCUT2D eigenvalue weighted by Crippen LogP contribution is -2.52. The quantitative estimate of drug-likeness (QED) is 0.723. The number of halogens is 3. The van der Waals surface area contributed by atoms with Crippen LogP contribution >= 0.6 is 11.3 Å². The molecule has 30 heavy (non-hydrogen) atoms. The highest BCUT2D eigenvalue weighted by molar-refractivity contribution is 7.17. The molecule has 2 fully saturated rings. The van der Waals surface area contributed by atoms with Crippen molar-refractivity contribution in [3.8, 4) is 10.6 Å². The number of carbonyl (C=O) groups excluding carboxylic acids is 2. The van der Waals surface area contributed by atoms with E-state index in [1.165, 1.54) is 23.5 Å². The van der Waals surface area contributed by atoms with Crippen LogP contribution in [0.25, 0.3) is 10.6 Å². The van der Waals surface area contributed by atoms with Gasteiger partial charge in [0.2, 0.25) is 5.91 Å². The molecule has 1 saturated heterocycles. The van der Waals surface area contributed by atoms with Gasteiger partial charge in [-0.2, -0.15) is 13.2 Å². The van der Waals surface area contributed by atoms with Gasteiger partial charge in [-0.1, -0.05) is 18.6 Å². The second-order valence-corrected chi connectivity index (χ2v) is 8.75. The summed E-state index contributed by atoms with van der Waals surface area (Å²) in [5, 5.41) is 0.517. The third kappa shape index (κ3) is 4.08. The summed E-state index contributed by atoms with van der Waals surface area (Å²) in [4.78, 5) is 33.8. The van der Waals surface area contributed by atoms with E-state index in [2.05, 4.69) is 4.98 Å². The summed E-state index contributed by atoms with van der Waals surface area (Å²) in [5.74, 6) is 0.216. The van der Waals surface area contributed by atoms with Crippen molar-refractivity contribution in [3.63, 3.8) is 0 Å². The topological polar surface area (TPSA) is 53.5 Å². The molecule has 2 amide bonds. The number of hydrogen-bond donors (Lipinski definition) is 0. The Balaban J connectivity index is 1.43. The molecule has 2 aliphatic rings.